The Morgan fingerprint density at radius 1 is 2.00 bits per heavy atom. The molecule has 0 aromatic rings. The van der Waals surface area contributed by atoms with Crippen molar-refractivity contribution in [1.82, 2.24) is 0 Å². The number of carboxylic acid groups (broad SMARTS) is 1. The third kappa shape index (κ3) is 1.16. The zero-order chi connectivity index (χ0) is 3.58. The minimum absolute atomic E-state index is 0.833. The molecular formula is C2H4O2. The molecule has 0 heterocycles. The molecule has 0 aromatic heterocycles. The van der Waals surface area contributed by atoms with Crippen LogP contribution >= 0.6 is 0 Å². The number of aliphatic carboxylic acids is 1. The van der Waals surface area contributed by atoms with Gasteiger partial charge >= 0.3 is 0 Å². The fourth-order valence-corrected chi connectivity index (χ4v) is 0. The normalized spacial score (nSPS) is 6.25. The summed E-state index contributed by atoms with van der Waals surface area (Å²) in [5, 5.41) is 7.42. The van der Waals surface area contributed by atoms with Crippen molar-refractivity contribution < 1.29 is 9.90 Å². The number of carboxylic acids is 1. The van der Waals surface area contributed by atoms with Gasteiger partial charge in [-0.15, -0.1) is 0 Å². The van der Waals surface area contributed by atoms with Crippen LogP contribution in [0, 0.1) is 0 Å². The number of hydrogen-bond donors (Lipinski definition) is 1. The average molecular weight is 64.1 g/mol. The van der Waals surface area contributed by atoms with Crippen molar-refractivity contribution >= 4 is 5.97 Å². The van der Waals surface area contributed by atoms with Crippen molar-refractivity contribution in [3.63, 3.8) is 0 Å². The summed E-state index contributed by atoms with van der Waals surface area (Å²) in [6, 6.07) is 0. The van der Waals surface area contributed by atoms with E-state index in [-0.39, 0.29) is 0 Å². The highest BCUT2D eigenvalue weighted by atomic mass is 17.3. The van der Waals surface area contributed by atoms with E-state index in [0.717, 1.165) is 6.92 Å². The molecule has 0 rings (SSSR count). The maximum absolute atomic E-state index is 9.00. The highest BCUT2D eigenvalue weighted by Crippen LogP contribution is 1.42. The number of hydrogen-bond acceptors (Lipinski definition) is 1. The summed E-state index contributed by atoms with van der Waals surface area (Å²) >= 11 is 0. The first kappa shape index (κ1) is 3.47. The van der Waals surface area contributed by atoms with Crippen molar-refractivity contribution in [2.75, 3.05) is 0 Å². The molecule has 4 heavy (non-hydrogen) atoms. The molecule has 0 radical (unpaired) electrons. The highest BCUT2D eigenvalue weighted by Gasteiger charge is 1.65. The molecule has 2 nitrogen and oxygen atoms in total. The summed E-state index contributed by atoms with van der Waals surface area (Å²) in [7, 11) is 0. The van der Waals surface area contributed by atoms with Crippen LogP contribution < -0.4 is 0 Å². The summed E-state index contributed by atoms with van der Waals surface area (Å²) < 4.78 is 0. The third-order valence-electron chi connectivity index (χ3n) is 0. The van der Waals surface area contributed by atoms with Crippen molar-refractivity contribution in [2.24, 2.45) is 0 Å². The van der Waals surface area contributed by atoms with Gasteiger partial charge in [-0.25, -0.2) is 0 Å². The highest BCUT2D eigenvalue weighted by molar-refractivity contribution is 5.62. The van der Waals surface area contributed by atoms with Crippen LogP contribution in [0.15, 0.2) is 0 Å². The molecule has 0 aliphatic rings. The SMILES string of the molecule is C[16C](=O)O. The van der Waals surface area contributed by atoms with Gasteiger partial charge in [0.25, 0.3) is 5.97 Å². The van der Waals surface area contributed by atoms with Gasteiger partial charge in [0, 0.05) is 6.92 Å². The Hall–Kier alpha value is -0.530. The molecule has 0 aliphatic carbocycles. The summed E-state index contributed by atoms with van der Waals surface area (Å²) in [6.07, 6.45) is 0. The van der Waals surface area contributed by atoms with Gasteiger partial charge in [-0.1, -0.05) is 0 Å². The Balaban J connectivity index is 2.80. The average Bonchev–Trinajstić information content (AvgIpc) is 0.811. The van der Waals surface area contributed by atoms with Crippen molar-refractivity contribution in [2.45, 2.75) is 6.92 Å². The molecule has 0 aliphatic heterocycles. The molecule has 0 amide bonds. The van der Waals surface area contributed by atoms with E-state index < -0.39 is 5.97 Å². The second kappa shape index (κ2) is 0.875. The summed E-state index contributed by atoms with van der Waals surface area (Å²) in [5.74, 6) is -0.833. The second-order valence-electron chi connectivity index (χ2n) is 0.519. The largest absolute Gasteiger partial charge is 0.481 e. The molecule has 0 fully saturated rings. The van der Waals surface area contributed by atoms with Crippen LogP contribution in [0.5, 0.6) is 0 Å². The lowest BCUT2D eigenvalue weighted by Crippen LogP contribution is -1.78. The van der Waals surface area contributed by atoms with Gasteiger partial charge < -0.3 is 5.11 Å². The molecule has 24 valence electrons. The van der Waals surface area contributed by atoms with Gasteiger partial charge in [-0.3, -0.25) is 4.79 Å². The molecule has 0 bridgehead atoms. The third-order valence-corrected chi connectivity index (χ3v) is 0. The van der Waals surface area contributed by atoms with E-state index in [1.54, 1.807) is 0 Å². The summed E-state index contributed by atoms with van der Waals surface area (Å²) in [5.41, 5.74) is 0. The number of rotatable bonds is 0. The predicted molar refractivity (Wildman–Crippen MR) is 13.3 cm³/mol. The first-order chi connectivity index (χ1) is 1.73. The minimum atomic E-state index is -0.833. The van der Waals surface area contributed by atoms with Crippen LogP contribution in [-0.2, 0) is 4.79 Å². The standard InChI is InChI=1S/C2H4O2/c1-2(3)4/h1H3,(H,3,4)/i2+4. The predicted octanol–water partition coefficient (Wildman–Crippen LogP) is 0.0909. The lowest BCUT2D eigenvalue weighted by Gasteiger charge is -1.59. The fraction of sp³-hybridized carbons (Fsp3) is 0.500. The van der Waals surface area contributed by atoms with Crippen LogP contribution in [0.2, 0.25) is 0 Å². The summed E-state index contributed by atoms with van der Waals surface area (Å²) in [6.45, 7) is 1.08. The van der Waals surface area contributed by atoms with E-state index in [9.17, 15) is 0 Å². The molecule has 2 heteroatoms. The Kier molecular flexibility index (Phi) is 0.759. The molecule has 0 unspecified atom stereocenters. The molecule has 0 atom stereocenters. The van der Waals surface area contributed by atoms with Gasteiger partial charge in [-0.05, 0) is 0 Å². The smallest absolute Gasteiger partial charge is 0.300 e. The number of carbonyl (C=O) groups is 1. The van der Waals surface area contributed by atoms with Crippen LogP contribution in [0.25, 0.3) is 0 Å². The zero-order valence-electron chi connectivity index (χ0n) is 2.36. The summed E-state index contributed by atoms with van der Waals surface area (Å²) in [4.78, 5) is 9.00. The maximum Gasteiger partial charge on any atom is 0.300 e. The molecule has 0 saturated heterocycles. The molecule has 0 saturated carbocycles. The molecule has 1 N–H and O–H groups in total. The first-order valence-electron chi connectivity index (χ1n) is 0.928. The monoisotopic (exact) mass is 64.0 g/mol. The minimum Gasteiger partial charge on any atom is -0.481 e. The van der Waals surface area contributed by atoms with Crippen LogP contribution in [-0.4, -0.2) is 11.1 Å². The van der Waals surface area contributed by atoms with E-state index in [1.807, 2.05) is 0 Å². The Labute approximate surface area is 24.1 Å². The maximum atomic E-state index is 9.00. The molecule has 0 aromatic carbocycles. The fourth-order valence-electron chi connectivity index (χ4n) is 0. The van der Waals surface area contributed by atoms with E-state index in [2.05, 4.69) is 0 Å². The van der Waals surface area contributed by atoms with E-state index in [4.69, 9.17) is 9.90 Å². The molecular weight excluding hydrogens is 60.0 g/mol. The van der Waals surface area contributed by atoms with Crippen LogP contribution in [0.1, 0.15) is 6.92 Å². The Bertz CT molecular complexity index is 27.0. The second-order valence-corrected chi connectivity index (χ2v) is 0.519. The quantitative estimate of drug-likeness (QED) is 0.433. The van der Waals surface area contributed by atoms with Crippen molar-refractivity contribution in [3.05, 3.63) is 0 Å². The Morgan fingerprint density at radius 2 is 2.00 bits per heavy atom. The zero-order valence-corrected chi connectivity index (χ0v) is 2.36. The Morgan fingerprint density at radius 3 is 2.00 bits per heavy atom. The van der Waals surface area contributed by atoms with Gasteiger partial charge in [0.1, 0.15) is 0 Å². The lowest BCUT2D eigenvalue weighted by molar-refractivity contribution is -0.134. The molecule has 0 spiro atoms. The van der Waals surface area contributed by atoms with Crippen molar-refractivity contribution in [1.29, 1.82) is 0 Å². The van der Waals surface area contributed by atoms with Gasteiger partial charge in [0.2, 0.25) is 0 Å². The lowest BCUT2D eigenvalue weighted by atomic mass is 11.8. The van der Waals surface area contributed by atoms with Crippen molar-refractivity contribution in [3.8, 4) is 0 Å². The van der Waals surface area contributed by atoms with Gasteiger partial charge in [-0.2, -0.15) is 0 Å². The van der Waals surface area contributed by atoms with Crippen LogP contribution in [0.4, 0.5) is 0 Å². The van der Waals surface area contributed by atoms with Gasteiger partial charge in [0.15, 0.2) is 0 Å². The topological polar surface area (TPSA) is 37.3 Å². The van der Waals surface area contributed by atoms with E-state index in [1.165, 1.54) is 0 Å². The van der Waals surface area contributed by atoms with Gasteiger partial charge in [0.05, 0.1) is 0 Å². The van der Waals surface area contributed by atoms with E-state index >= 15 is 0 Å². The van der Waals surface area contributed by atoms with Crippen LogP contribution in [0.3, 0.4) is 0 Å². The first-order valence-corrected chi connectivity index (χ1v) is 0.928. The van der Waals surface area contributed by atoms with E-state index in [0.29, 0.717) is 0 Å².